The van der Waals surface area contributed by atoms with E-state index in [1.807, 2.05) is 35.1 Å². The van der Waals surface area contributed by atoms with Crippen LogP contribution in [-0.4, -0.2) is 9.78 Å². The smallest absolute Gasteiger partial charge is 0.0643 e. The standard InChI is InChI=1S/C14H17BrClN3/c1-9(2)19-6-5-11(18-19)8-14(17)12-7-10(16)3-4-13(12)15/h3-7,9,14H,8,17H2,1-2H3. The van der Waals surface area contributed by atoms with Crippen molar-refractivity contribution in [2.75, 3.05) is 0 Å². The number of hydrogen-bond donors (Lipinski definition) is 1. The summed E-state index contributed by atoms with van der Waals surface area (Å²) < 4.78 is 2.92. The van der Waals surface area contributed by atoms with E-state index < -0.39 is 0 Å². The number of benzene rings is 1. The van der Waals surface area contributed by atoms with Crippen molar-refractivity contribution in [1.82, 2.24) is 9.78 Å². The van der Waals surface area contributed by atoms with Gasteiger partial charge in [-0.25, -0.2) is 0 Å². The molecule has 0 aliphatic rings. The molecule has 102 valence electrons. The lowest BCUT2D eigenvalue weighted by Gasteiger charge is -2.13. The second-order valence-electron chi connectivity index (χ2n) is 4.86. The minimum atomic E-state index is -0.122. The molecule has 0 aliphatic carbocycles. The third-order valence-electron chi connectivity index (χ3n) is 2.98. The largest absolute Gasteiger partial charge is 0.324 e. The molecule has 2 N–H and O–H groups in total. The van der Waals surface area contributed by atoms with Crippen LogP contribution in [0.5, 0.6) is 0 Å². The van der Waals surface area contributed by atoms with E-state index in [0.717, 1.165) is 15.7 Å². The summed E-state index contributed by atoms with van der Waals surface area (Å²) in [6.45, 7) is 4.20. The number of nitrogens with zero attached hydrogens (tertiary/aromatic N) is 2. The van der Waals surface area contributed by atoms with E-state index in [0.29, 0.717) is 17.5 Å². The van der Waals surface area contributed by atoms with Crippen molar-refractivity contribution in [3.8, 4) is 0 Å². The van der Waals surface area contributed by atoms with Crippen molar-refractivity contribution in [3.05, 3.63) is 51.2 Å². The summed E-state index contributed by atoms with van der Waals surface area (Å²) in [7, 11) is 0. The van der Waals surface area contributed by atoms with Gasteiger partial charge in [-0.05, 0) is 43.7 Å². The third kappa shape index (κ3) is 3.59. The van der Waals surface area contributed by atoms with Crippen LogP contribution in [0.15, 0.2) is 34.9 Å². The van der Waals surface area contributed by atoms with Crippen LogP contribution in [0.25, 0.3) is 0 Å². The Morgan fingerprint density at radius 3 is 2.74 bits per heavy atom. The number of aromatic nitrogens is 2. The Morgan fingerprint density at radius 1 is 1.37 bits per heavy atom. The second kappa shape index (κ2) is 6.07. The van der Waals surface area contributed by atoms with E-state index in [4.69, 9.17) is 17.3 Å². The quantitative estimate of drug-likeness (QED) is 0.908. The summed E-state index contributed by atoms with van der Waals surface area (Å²) in [4.78, 5) is 0. The highest BCUT2D eigenvalue weighted by Gasteiger charge is 2.13. The highest BCUT2D eigenvalue weighted by molar-refractivity contribution is 9.10. The van der Waals surface area contributed by atoms with Gasteiger partial charge in [-0.1, -0.05) is 27.5 Å². The number of halogens is 2. The number of nitrogens with two attached hydrogens (primary N) is 1. The van der Waals surface area contributed by atoms with Gasteiger partial charge in [0, 0.05) is 34.2 Å². The average Bonchev–Trinajstić information content (AvgIpc) is 2.80. The molecule has 0 aliphatic heterocycles. The molecule has 5 heteroatoms. The van der Waals surface area contributed by atoms with Crippen LogP contribution in [-0.2, 0) is 6.42 Å². The van der Waals surface area contributed by atoms with Gasteiger partial charge in [-0.15, -0.1) is 0 Å². The number of rotatable bonds is 4. The normalized spacial score (nSPS) is 12.9. The fourth-order valence-corrected chi connectivity index (χ4v) is 2.63. The molecule has 0 amide bonds. The summed E-state index contributed by atoms with van der Waals surface area (Å²) in [6.07, 6.45) is 2.68. The molecule has 0 radical (unpaired) electrons. The minimum absolute atomic E-state index is 0.122. The lowest BCUT2D eigenvalue weighted by molar-refractivity contribution is 0.522. The first-order chi connectivity index (χ1) is 8.97. The van der Waals surface area contributed by atoms with Crippen LogP contribution in [0.1, 0.15) is 37.2 Å². The predicted molar refractivity (Wildman–Crippen MR) is 82.4 cm³/mol. The third-order valence-corrected chi connectivity index (χ3v) is 3.94. The molecule has 2 rings (SSSR count). The van der Waals surface area contributed by atoms with Crippen LogP contribution in [0.2, 0.25) is 5.02 Å². The molecule has 1 aromatic carbocycles. The predicted octanol–water partition coefficient (Wildman–Crippen LogP) is 4.12. The van der Waals surface area contributed by atoms with Gasteiger partial charge >= 0.3 is 0 Å². The average molecular weight is 343 g/mol. The van der Waals surface area contributed by atoms with E-state index in [-0.39, 0.29) is 6.04 Å². The van der Waals surface area contributed by atoms with Crippen molar-refractivity contribution >= 4 is 27.5 Å². The molecule has 0 saturated carbocycles. The van der Waals surface area contributed by atoms with Crippen molar-refractivity contribution in [3.63, 3.8) is 0 Å². The molecule has 1 unspecified atom stereocenters. The Balaban J connectivity index is 2.15. The maximum absolute atomic E-state index is 6.24. The fraction of sp³-hybridized carbons (Fsp3) is 0.357. The van der Waals surface area contributed by atoms with Gasteiger partial charge in [0.25, 0.3) is 0 Å². The molecular formula is C14H17BrClN3. The molecule has 0 fully saturated rings. The van der Waals surface area contributed by atoms with Gasteiger partial charge in [-0.3, -0.25) is 4.68 Å². The van der Waals surface area contributed by atoms with Crippen LogP contribution in [0.3, 0.4) is 0 Å². The van der Waals surface area contributed by atoms with Gasteiger partial charge in [0.1, 0.15) is 0 Å². The first kappa shape index (κ1) is 14.6. The molecule has 19 heavy (non-hydrogen) atoms. The Kier molecular flexibility index (Phi) is 4.66. The number of hydrogen-bond acceptors (Lipinski definition) is 2. The van der Waals surface area contributed by atoms with Crippen LogP contribution in [0.4, 0.5) is 0 Å². The van der Waals surface area contributed by atoms with Gasteiger partial charge in [0.05, 0.1) is 5.69 Å². The molecule has 0 bridgehead atoms. The summed E-state index contributed by atoms with van der Waals surface area (Å²) >= 11 is 9.52. The van der Waals surface area contributed by atoms with E-state index in [1.165, 1.54) is 0 Å². The lowest BCUT2D eigenvalue weighted by Crippen LogP contribution is -2.14. The first-order valence-corrected chi connectivity index (χ1v) is 7.39. The highest BCUT2D eigenvalue weighted by atomic mass is 79.9. The van der Waals surface area contributed by atoms with Gasteiger partial charge in [-0.2, -0.15) is 5.10 Å². The molecule has 0 spiro atoms. The summed E-state index contributed by atoms with van der Waals surface area (Å²) in [5.41, 5.74) is 8.24. The zero-order chi connectivity index (χ0) is 14.0. The zero-order valence-electron chi connectivity index (χ0n) is 11.0. The molecule has 2 aromatic rings. The minimum Gasteiger partial charge on any atom is -0.324 e. The molecule has 1 aromatic heterocycles. The maximum Gasteiger partial charge on any atom is 0.0643 e. The Hall–Kier alpha value is -0.840. The van der Waals surface area contributed by atoms with Crippen molar-refractivity contribution in [2.45, 2.75) is 32.4 Å². The second-order valence-corrected chi connectivity index (χ2v) is 6.15. The van der Waals surface area contributed by atoms with E-state index in [1.54, 1.807) is 0 Å². The molecule has 3 nitrogen and oxygen atoms in total. The Bertz CT molecular complexity index is 566. The van der Waals surface area contributed by atoms with Crippen molar-refractivity contribution in [1.29, 1.82) is 0 Å². The zero-order valence-corrected chi connectivity index (χ0v) is 13.3. The van der Waals surface area contributed by atoms with Crippen LogP contribution >= 0.6 is 27.5 Å². The Labute approximate surface area is 126 Å². The molecule has 0 saturated heterocycles. The lowest BCUT2D eigenvalue weighted by atomic mass is 10.0. The van der Waals surface area contributed by atoms with Crippen LogP contribution in [0, 0.1) is 0 Å². The first-order valence-electron chi connectivity index (χ1n) is 6.22. The van der Waals surface area contributed by atoms with Gasteiger partial charge in [0.2, 0.25) is 0 Å². The van der Waals surface area contributed by atoms with Gasteiger partial charge in [0.15, 0.2) is 0 Å². The summed E-state index contributed by atoms with van der Waals surface area (Å²) in [5.74, 6) is 0. The van der Waals surface area contributed by atoms with Crippen molar-refractivity contribution in [2.24, 2.45) is 5.73 Å². The van der Waals surface area contributed by atoms with E-state index >= 15 is 0 Å². The summed E-state index contributed by atoms with van der Waals surface area (Å²) in [6, 6.07) is 7.92. The van der Waals surface area contributed by atoms with Crippen LogP contribution < -0.4 is 5.73 Å². The Morgan fingerprint density at radius 2 is 2.11 bits per heavy atom. The molecular weight excluding hydrogens is 326 g/mol. The van der Waals surface area contributed by atoms with Gasteiger partial charge < -0.3 is 5.73 Å². The maximum atomic E-state index is 6.24. The highest BCUT2D eigenvalue weighted by Crippen LogP contribution is 2.27. The monoisotopic (exact) mass is 341 g/mol. The SMILES string of the molecule is CC(C)n1ccc(CC(N)c2cc(Cl)ccc2Br)n1. The van der Waals surface area contributed by atoms with Crippen molar-refractivity contribution < 1.29 is 0 Å². The molecule has 1 atom stereocenters. The molecule has 1 heterocycles. The topological polar surface area (TPSA) is 43.8 Å². The summed E-state index contributed by atoms with van der Waals surface area (Å²) in [5, 5.41) is 5.21. The fourth-order valence-electron chi connectivity index (χ4n) is 1.91. The van der Waals surface area contributed by atoms with E-state index in [9.17, 15) is 0 Å². The van der Waals surface area contributed by atoms with E-state index in [2.05, 4.69) is 34.9 Å².